The maximum Gasteiger partial charge on any atom is 0.410 e. The van der Waals surface area contributed by atoms with E-state index in [1.165, 1.54) is 4.90 Å². The highest BCUT2D eigenvalue weighted by atomic mass is 35.5. The number of imidazole rings is 1. The van der Waals surface area contributed by atoms with Gasteiger partial charge in [0.2, 0.25) is 0 Å². The van der Waals surface area contributed by atoms with E-state index in [4.69, 9.17) is 26.1 Å². The second kappa shape index (κ2) is 11.9. The first kappa shape index (κ1) is 29.5. The molecule has 3 aromatic rings. The topological polar surface area (TPSA) is 123 Å². The van der Waals surface area contributed by atoms with E-state index in [2.05, 4.69) is 20.6 Å². The van der Waals surface area contributed by atoms with Gasteiger partial charge in [-0.1, -0.05) is 11.6 Å². The molecule has 1 fully saturated rings. The third-order valence-electron chi connectivity index (χ3n) is 6.56. The van der Waals surface area contributed by atoms with Crippen molar-refractivity contribution in [1.82, 2.24) is 29.6 Å². The second-order valence-electron chi connectivity index (χ2n) is 10.8. The van der Waals surface area contributed by atoms with E-state index in [1.54, 1.807) is 63.7 Å². The van der Waals surface area contributed by atoms with Crippen LogP contribution in [0.2, 0.25) is 5.15 Å². The molecule has 0 aliphatic carbocycles. The summed E-state index contributed by atoms with van der Waals surface area (Å²) in [4.78, 5) is 40.1. The van der Waals surface area contributed by atoms with E-state index in [1.807, 2.05) is 0 Å². The molecule has 40 heavy (non-hydrogen) atoms. The molecule has 0 bridgehead atoms. The highest BCUT2D eigenvalue weighted by Crippen LogP contribution is 2.30. The summed E-state index contributed by atoms with van der Waals surface area (Å²) in [5.41, 5.74) is 0.238. The monoisotopic (exact) mass is 575 g/mol. The minimum Gasteiger partial charge on any atom is -0.444 e. The average molecular weight is 576 g/mol. The number of fused-ring (bicyclic) bond motifs is 1. The smallest absolute Gasteiger partial charge is 0.410 e. The maximum absolute atomic E-state index is 15.9. The number of piperidine rings is 1. The standard InChI is InChI=1S/C27H35ClFN7O4/c1-17-21(24(37)31-10-13-39-5)34-23-22(33-19(15-36(17)23)18-6-9-30-20(28)14-18)32-16-27(29)7-11-35(12-8-27)25(38)40-26(2,3)4/h6,9,14-15H,7-8,10-13,16H2,1-5H3,(H,31,37)(H,32,33). The number of nitrogens with zero attached hydrogens (tertiary/aromatic N) is 5. The van der Waals surface area contributed by atoms with Gasteiger partial charge in [0.25, 0.3) is 5.91 Å². The Morgan fingerprint density at radius 1 is 1.23 bits per heavy atom. The first-order chi connectivity index (χ1) is 18.9. The van der Waals surface area contributed by atoms with Crippen molar-refractivity contribution in [2.45, 2.75) is 51.8 Å². The molecule has 1 saturated heterocycles. The summed E-state index contributed by atoms with van der Waals surface area (Å²) >= 11 is 6.12. The number of rotatable bonds is 8. The molecule has 0 unspecified atom stereocenters. The molecular weight excluding hydrogens is 541 g/mol. The molecule has 0 saturated carbocycles. The third-order valence-corrected chi connectivity index (χ3v) is 6.77. The van der Waals surface area contributed by atoms with E-state index in [0.717, 1.165) is 0 Å². The zero-order valence-corrected chi connectivity index (χ0v) is 24.1. The van der Waals surface area contributed by atoms with Crippen molar-refractivity contribution in [3.63, 3.8) is 0 Å². The van der Waals surface area contributed by atoms with Crippen LogP contribution in [-0.2, 0) is 9.47 Å². The summed E-state index contributed by atoms with van der Waals surface area (Å²) in [6, 6.07) is 3.44. The van der Waals surface area contributed by atoms with Gasteiger partial charge >= 0.3 is 6.09 Å². The Bertz CT molecular complexity index is 1380. The van der Waals surface area contributed by atoms with Crippen LogP contribution in [0.3, 0.4) is 0 Å². The van der Waals surface area contributed by atoms with Gasteiger partial charge in [-0.15, -0.1) is 0 Å². The normalized spacial score (nSPS) is 15.2. The second-order valence-corrected chi connectivity index (χ2v) is 11.2. The van der Waals surface area contributed by atoms with Crippen LogP contribution in [-0.4, -0.2) is 87.4 Å². The van der Waals surface area contributed by atoms with Gasteiger partial charge in [-0.2, -0.15) is 0 Å². The fraction of sp³-hybridized carbons (Fsp3) is 0.519. The van der Waals surface area contributed by atoms with Gasteiger partial charge in [-0.05, 0) is 39.8 Å². The predicted molar refractivity (Wildman–Crippen MR) is 150 cm³/mol. The summed E-state index contributed by atoms with van der Waals surface area (Å²) in [5.74, 6) is -0.0368. The molecule has 4 heterocycles. The number of ether oxygens (including phenoxy) is 2. The summed E-state index contributed by atoms with van der Waals surface area (Å²) < 4.78 is 28.1. The Kier molecular flexibility index (Phi) is 8.79. The van der Waals surface area contributed by atoms with Gasteiger partial charge in [-0.25, -0.2) is 24.1 Å². The molecule has 2 amide bonds. The van der Waals surface area contributed by atoms with Crippen LogP contribution in [0.15, 0.2) is 24.5 Å². The number of hydrogen-bond donors (Lipinski definition) is 2. The van der Waals surface area contributed by atoms with Crippen LogP contribution in [0.1, 0.15) is 49.8 Å². The number of carbonyl (C=O) groups excluding carboxylic acids is 2. The van der Waals surface area contributed by atoms with Crippen LogP contribution in [0.25, 0.3) is 16.9 Å². The average Bonchev–Trinajstić information content (AvgIpc) is 3.23. The molecule has 2 N–H and O–H groups in total. The van der Waals surface area contributed by atoms with E-state index < -0.39 is 17.4 Å². The summed E-state index contributed by atoms with van der Waals surface area (Å²) in [6.45, 7) is 8.28. The first-order valence-electron chi connectivity index (χ1n) is 13.1. The highest BCUT2D eigenvalue weighted by Gasteiger charge is 2.37. The predicted octanol–water partition coefficient (Wildman–Crippen LogP) is 4.28. The number of carbonyl (C=O) groups is 2. The zero-order chi connectivity index (χ0) is 29.1. The van der Waals surface area contributed by atoms with Crippen molar-refractivity contribution >= 4 is 35.1 Å². The minimum absolute atomic E-state index is 0.0559. The molecule has 1 aliphatic heterocycles. The Labute approximate surface area is 237 Å². The lowest BCUT2D eigenvalue weighted by atomic mass is 9.93. The number of methoxy groups -OCH3 is 1. The lowest BCUT2D eigenvalue weighted by Gasteiger charge is -2.37. The summed E-state index contributed by atoms with van der Waals surface area (Å²) in [6.07, 6.45) is 3.15. The fourth-order valence-electron chi connectivity index (χ4n) is 4.38. The maximum atomic E-state index is 15.9. The van der Waals surface area contributed by atoms with Crippen molar-refractivity contribution < 1.29 is 23.5 Å². The zero-order valence-electron chi connectivity index (χ0n) is 23.4. The Balaban J connectivity index is 1.59. The van der Waals surface area contributed by atoms with Gasteiger partial charge in [0, 0.05) is 57.5 Å². The number of aromatic nitrogens is 4. The third kappa shape index (κ3) is 6.97. The lowest BCUT2D eigenvalue weighted by Crippen LogP contribution is -2.48. The number of alkyl halides is 1. The highest BCUT2D eigenvalue weighted by molar-refractivity contribution is 6.29. The van der Waals surface area contributed by atoms with Crippen LogP contribution < -0.4 is 10.6 Å². The molecule has 4 rings (SSSR count). The fourth-order valence-corrected chi connectivity index (χ4v) is 4.55. The van der Waals surface area contributed by atoms with Crippen molar-refractivity contribution in [1.29, 1.82) is 0 Å². The molecule has 3 aromatic heterocycles. The molecular formula is C27H35ClFN7O4. The molecule has 11 nitrogen and oxygen atoms in total. The van der Waals surface area contributed by atoms with Crippen LogP contribution in [0.5, 0.6) is 0 Å². The Morgan fingerprint density at radius 3 is 2.60 bits per heavy atom. The quantitative estimate of drug-likeness (QED) is 0.301. The van der Waals surface area contributed by atoms with Gasteiger partial charge in [-0.3, -0.25) is 9.20 Å². The number of nitrogens with one attached hydrogen (secondary N) is 2. The van der Waals surface area contributed by atoms with Gasteiger partial charge in [0.1, 0.15) is 22.1 Å². The van der Waals surface area contributed by atoms with E-state index in [0.29, 0.717) is 46.7 Å². The number of halogens is 2. The number of anilines is 1. The number of pyridine rings is 1. The number of hydrogen-bond acceptors (Lipinski definition) is 8. The summed E-state index contributed by atoms with van der Waals surface area (Å²) in [5, 5.41) is 6.22. The van der Waals surface area contributed by atoms with Crippen molar-refractivity contribution in [2.24, 2.45) is 0 Å². The Hall–Kier alpha value is -3.51. The van der Waals surface area contributed by atoms with E-state index in [-0.39, 0.29) is 44.1 Å². The van der Waals surface area contributed by atoms with Crippen molar-refractivity contribution in [3.05, 3.63) is 41.1 Å². The lowest BCUT2D eigenvalue weighted by molar-refractivity contribution is 0.00574. The molecule has 1 aliphatic rings. The number of aryl methyl sites for hydroxylation is 1. The van der Waals surface area contributed by atoms with Crippen LogP contribution in [0.4, 0.5) is 15.0 Å². The molecule has 0 spiro atoms. The van der Waals surface area contributed by atoms with E-state index >= 15 is 4.39 Å². The van der Waals surface area contributed by atoms with Crippen LogP contribution in [0, 0.1) is 6.92 Å². The van der Waals surface area contributed by atoms with Crippen LogP contribution >= 0.6 is 11.6 Å². The first-order valence-corrected chi connectivity index (χ1v) is 13.5. The number of likely N-dealkylation sites (tertiary alicyclic amines) is 1. The largest absolute Gasteiger partial charge is 0.444 e. The molecule has 0 radical (unpaired) electrons. The van der Waals surface area contributed by atoms with Gasteiger partial charge < -0.3 is 25.0 Å². The molecule has 0 aromatic carbocycles. The SMILES string of the molecule is COCCNC(=O)c1nc2c(NCC3(F)CCN(C(=O)OC(C)(C)C)CC3)nc(-c3ccnc(Cl)c3)cn2c1C. The summed E-state index contributed by atoms with van der Waals surface area (Å²) in [7, 11) is 1.55. The Morgan fingerprint density at radius 2 is 1.95 bits per heavy atom. The van der Waals surface area contributed by atoms with Gasteiger partial charge in [0.15, 0.2) is 11.5 Å². The van der Waals surface area contributed by atoms with Crippen molar-refractivity contribution in [3.8, 4) is 11.3 Å². The van der Waals surface area contributed by atoms with Gasteiger partial charge in [0.05, 0.1) is 24.5 Å². The molecule has 0 atom stereocenters. The number of amides is 2. The van der Waals surface area contributed by atoms with Crippen molar-refractivity contribution in [2.75, 3.05) is 45.2 Å². The minimum atomic E-state index is -1.59. The van der Waals surface area contributed by atoms with E-state index in [9.17, 15) is 9.59 Å². The molecule has 13 heteroatoms. The molecule has 216 valence electrons.